The van der Waals surface area contributed by atoms with Crippen LogP contribution in [0, 0.1) is 5.41 Å². The highest BCUT2D eigenvalue weighted by Gasteiger charge is 2.44. The number of hydrogen-bond donors (Lipinski definition) is 2. The number of para-hydroxylation sites is 1. The van der Waals surface area contributed by atoms with Crippen LogP contribution >= 0.6 is 0 Å². The van der Waals surface area contributed by atoms with Gasteiger partial charge in [-0.2, -0.15) is 0 Å². The standard InChI is InChI=1S/C20H28N2O3/c1-6-17(23)21-20(18(24)25,12-11-19(2,3)4)15-13-22(5)16-10-8-7-9-14(15)16/h7-10,13H,6,11-12H2,1-5H3,(H,21,23)(H,24,25). The van der Waals surface area contributed by atoms with Gasteiger partial charge in [0, 0.05) is 36.1 Å². The molecule has 0 saturated heterocycles. The number of amides is 1. The minimum Gasteiger partial charge on any atom is -0.479 e. The van der Waals surface area contributed by atoms with Gasteiger partial charge < -0.3 is 15.0 Å². The second-order valence-electron chi connectivity index (χ2n) is 7.84. The van der Waals surface area contributed by atoms with Crippen LogP contribution in [0.3, 0.4) is 0 Å². The number of carbonyl (C=O) groups excluding carboxylic acids is 1. The van der Waals surface area contributed by atoms with Gasteiger partial charge in [0.15, 0.2) is 5.54 Å². The summed E-state index contributed by atoms with van der Waals surface area (Å²) in [5, 5.41) is 13.8. The SMILES string of the molecule is CCC(=O)NC(CCC(C)(C)C)(C(=O)O)c1cn(C)c2ccccc12. The summed E-state index contributed by atoms with van der Waals surface area (Å²) in [7, 11) is 1.89. The van der Waals surface area contributed by atoms with Crippen molar-refractivity contribution in [1.29, 1.82) is 0 Å². The van der Waals surface area contributed by atoms with Crippen LogP contribution in [0.4, 0.5) is 0 Å². The van der Waals surface area contributed by atoms with E-state index in [-0.39, 0.29) is 17.7 Å². The molecular weight excluding hydrogens is 316 g/mol. The lowest BCUT2D eigenvalue weighted by molar-refractivity contribution is -0.148. The van der Waals surface area contributed by atoms with Gasteiger partial charge in [-0.05, 0) is 24.3 Å². The Bertz CT molecular complexity index is 786. The lowest BCUT2D eigenvalue weighted by atomic mass is 9.79. The first-order chi connectivity index (χ1) is 11.6. The first-order valence-electron chi connectivity index (χ1n) is 8.69. The molecule has 25 heavy (non-hydrogen) atoms. The molecular formula is C20H28N2O3. The Labute approximate surface area is 149 Å². The predicted octanol–water partition coefficient (Wildman–Crippen LogP) is 3.81. The maximum absolute atomic E-state index is 12.4. The monoisotopic (exact) mass is 344 g/mol. The van der Waals surface area contributed by atoms with Crippen molar-refractivity contribution in [2.24, 2.45) is 12.5 Å². The average Bonchev–Trinajstić information content (AvgIpc) is 2.88. The molecule has 5 nitrogen and oxygen atoms in total. The number of fused-ring (bicyclic) bond motifs is 1. The van der Waals surface area contributed by atoms with E-state index in [0.717, 1.165) is 10.9 Å². The Hall–Kier alpha value is -2.30. The number of hydrogen-bond acceptors (Lipinski definition) is 2. The zero-order valence-electron chi connectivity index (χ0n) is 15.7. The number of carbonyl (C=O) groups is 2. The van der Waals surface area contributed by atoms with Gasteiger partial charge >= 0.3 is 5.97 Å². The summed E-state index contributed by atoms with van der Waals surface area (Å²) in [6, 6.07) is 7.69. The second kappa shape index (κ2) is 6.90. The molecule has 0 aliphatic rings. The van der Waals surface area contributed by atoms with Gasteiger partial charge in [0.2, 0.25) is 5.91 Å². The summed E-state index contributed by atoms with van der Waals surface area (Å²) in [4.78, 5) is 24.6. The fourth-order valence-electron chi connectivity index (χ4n) is 3.11. The Balaban J connectivity index is 2.66. The third-order valence-electron chi connectivity index (χ3n) is 4.65. The van der Waals surface area contributed by atoms with Crippen LogP contribution in [0.25, 0.3) is 10.9 Å². The number of aromatic nitrogens is 1. The maximum atomic E-state index is 12.4. The van der Waals surface area contributed by atoms with E-state index < -0.39 is 11.5 Å². The first-order valence-corrected chi connectivity index (χ1v) is 8.69. The topological polar surface area (TPSA) is 71.3 Å². The van der Waals surface area contributed by atoms with Crippen molar-refractivity contribution in [2.75, 3.05) is 0 Å². The van der Waals surface area contributed by atoms with E-state index in [9.17, 15) is 14.7 Å². The zero-order valence-corrected chi connectivity index (χ0v) is 15.7. The highest BCUT2D eigenvalue weighted by molar-refractivity contribution is 5.95. The lowest BCUT2D eigenvalue weighted by Crippen LogP contribution is -2.52. The first kappa shape index (κ1) is 19.0. The third kappa shape index (κ3) is 3.86. The van der Waals surface area contributed by atoms with Gasteiger partial charge in [-0.3, -0.25) is 4.79 Å². The molecule has 1 atom stereocenters. The molecule has 5 heteroatoms. The van der Waals surface area contributed by atoms with E-state index in [2.05, 4.69) is 26.1 Å². The smallest absolute Gasteiger partial charge is 0.334 e. The largest absolute Gasteiger partial charge is 0.479 e. The molecule has 0 spiro atoms. The van der Waals surface area contributed by atoms with Crippen LogP contribution in [-0.2, 0) is 22.2 Å². The summed E-state index contributed by atoms with van der Waals surface area (Å²) >= 11 is 0. The molecule has 1 aromatic heterocycles. The minimum atomic E-state index is -1.43. The van der Waals surface area contributed by atoms with Crippen molar-refractivity contribution in [3.63, 3.8) is 0 Å². The van der Waals surface area contributed by atoms with Crippen molar-refractivity contribution in [2.45, 2.75) is 52.5 Å². The van der Waals surface area contributed by atoms with Crippen LogP contribution < -0.4 is 5.32 Å². The van der Waals surface area contributed by atoms with Crippen LogP contribution in [0.1, 0.15) is 52.5 Å². The van der Waals surface area contributed by atoms with Gasteiger partial charge in [-0.25, -0.2) is 4.79 Å². The fraction of sp³-hybridized carbons (Fsp3) is 0.500. The quantitative estimate of drug-likeness (QED) is 0.837. The number of benzene rings is 1. The predicted molar refractivity (Wildman–Crippen MR) is 99.4 cm³/mol. The van der Waals surface area contributed by atoms with Gasteiger partial charge in [-0.15, -0.1) is 0 Å². The number of nitrogens with one attached hydrogen (secondary N) is 1. The van der Waals surface area contributed by atoms with Crippen molar-refractivity contribution in [3.05, 3.63) is 36.0 Å². The molecule has 2 N–H and O–H groups in total. The van der Waals surface area contributed by atoms with Gasteiger partial charge in [-0.1, -0.05) is 45.9 Å². The van der Waals surface area contributed by atoms with E-state index in [4.69, 9.17) is 0 Å². The maximum Gasteiger partial charge on any atom is 0.334 e. The van der Waals surface area contributed by atoms with E-state index in [0.29, 0.717) is 18.4 Å². The summed E-state index contributed by atoms with van der Waals surface area (Å²) < 4.78 is 1.91. The molecule has 2 rings (SSSR count). The molecule has 0 radical (unpaired) electrons. The van der Waals surface area contributed by atoms with E-state index in [1.165, 1.54) is 0 Å². The zero-order chi connectivity index (χ0) is 18.8. The van der Waals surface area contributed by atoms with Crippen molar-refractivity contribution < 1.29 is 14.7 Å². The molecule has 0 fully saturated rings. The number of aryl methyl sites for hydroxylation is 1. The molecule has 0 aliphatic carbocycles. The number of carboxylic acids is 1. The molecule has 1 unspecified atom stereocenters. The van der Waals surface area contributed by atoms with Crippen LogP contribution in [0.5, 0.6) is 0 Å². The summed E-state index contributed by atoms with van der Waals surface area (Å²) in [5.74, 6) is -1.28. The molecule has 1 amide bonds. The highest BCUT2D eigenvalue weighted by Crippen LogP contribution is 2.37. The summed E-state index contributed by atoms with van der Waals surface area (Å²) in [5.41, 5.74) is 0.123. The Morgan fingerprint density at radius 2 is 1.80 bits per heavy atom. The number of rotatable bonds is 6. The summed E-state index contributed by atoms with van der Waals surface area (Å²) in [6.07, 6.45) is 3.09. The molecule has 0 saturated carbocycles. The normalized spacial score (nSPS) is 14.3. The molecule has 2 aromatic rings. The Kier molecular flexibility index (Phi) is 5.26. The van der Waals surface area contributed by atoms with Crippen molar-refractivity contribution in [3.8, 4) is 0 Å². The number of aliphatic carboxylic acids is 1. The highest BCUT2D eigenvalue weighted by atomic mass is 16.4. The molecule has 136 valence electrons. The number of carboxylic acid groups (broad SMARTS) is 1. The minimum absolute atomic E-state index is 0.0395. The van der Waals surface area contributed by atoms with E-state index in [1.807, 2.05) is 42.1 Å². The molecule has 1 aromatic carbocycles. The van der Waals surface area contributed by atoms with Gasteiger partial charge in [0.05, 0.1) is 0 Å². The Morgan fingerprint density at radius 3 is 2.36 bits per heavy atom. The molecule has 0 aliphatic heterocycles. The van der Waals surface area contributed by atoms with Crippen molar-refractivity contribution >= 4 is 22.8 Å². The average molecular weight is 344 g/mol. The van der Waals surface area contributed by atoms with Gasteiger partial charge in [0.25, 0.3) is 0 Å². The van der Waals surface area contributed by atoms with Gasteiger partial charge in [0.1, 0.15) is 0 Å². The lowest BCUT2D eigenvalue weighted by Gasteiger charge is -2.33. The van der Waals surface area contributed by atoms with Crippen molar-refractivity contribution in [1.82, 2.24) is 9.88 Å². The van der Waals surface area contributed by atoms with Crippen LogP contribution in [0.2, 0.25) is 0 Å². The van der Waals surface area contributed by atoms with E-state index in [1.54, 1.807) is 6.92 Å². The van der Waals surface area contributed by atoms with Crippen LogP contribution in [-0.4, -0.2) is 21.6 Å². The molecule has 0 bridgehead atoms. The van der Waals surface area contributed by atoms with Crippen LogP contribution in [0.15, 0.2) is 30.5 Å². The third-order valence-corrected chi connectivity index (χ3v) is 4.65. The summed E-state index contributed by atoms with van der Waals surface area (Å²) in [6.45, 7) is 7.95. The molecule has 1 heterocycles. The van der Waals surface area contributed by atoms with E-state index >= 15 is 0 Å². The second-order valence-corrected chi connectivity index (χ2v) is 7.84. The Morgan fingerprint density at radius 1 is 1.16 bits per heavy atom. The fourth-order valence-corrected chi connectivity index (χ4v) is 3.11. The number of nitrogens with zero attached hydrogens (tertiary/aromatic N) is 1.